The van der Waals surface area contributed by atoms with E-state index >= 15 is 0 Å². The van der Waals surface area contributed by atoms with E-state index < -0.39 is 0 Å². The topological polar surface area (TPSA) is 82.5 Å². The second kappa shape index (κ2) is 7.21. The summed E-state index contributed by atoms with van der Waals surface area (Å²) in [4.78, 5) is 12.2. The Bertz CT molecular complexity index is 1220. The van der Waals surface area contributed by atoms with Gasteiger partial charge < -0.3 is 5.73 Å². The SMILES string of the molecule is Nc1ncc(C#Cc2cncc(-n3cc4c(n3)C(c3ccccc3)CC4)c2)cn1. The summed E-state index contributed by atoms with van der Waals surface area (Å²) in [6.45, 7) is 0. The number of aromatic nitrogens is 5. The van der Waals surface area contributed by atoms with Gasteiger partial charge in [0.2, 0.25) is 5.95 Å². The van der Waals surface area contributed by atoms with Gasteiger partial charge in [-0.3, -0.25) is 4.98 Å². The molecule has 0 aliphatic heterocycles. The lowest BCUT2D eigenvalue weighted by molar-refractivity contribution is 0.725. The minimum absolute atomic E-state index is 0.236. The summed E-state index contributed by atoms with van der Waals surface area (Å²) in [6.07, 6.45) is 11.0. The van der Waals surface area contributed by atoms with E-state index in [1.54, 1.807) is 24.8 Å². The fourth-order valence-electron chi connectivity index (χ4n) is 3.66. The fraction of sp³-hybridized carbons (Fsp3) is 0.130. The van der Waals surface area contributed by atoms with Crippen LogP contribution in [0.4, 0.5) is 5.95 Å². The molecule has 29 heavy (non-hydrogen) atoms. The first kappa shape index (κ1) is 17.1. The molecule has 0 bridgehead atoms. The molecule has 0 spiro atoms. The molecule has 6 nitrogen and oxygen atoms in total. The van der Waals surface area contributed by atoms with Crippen LogP contribution < -0.4 is 5.73 Å². The Morgan fingerprint density at radius 3 is 2.59 bits per heavy atom. The van der Waals surface area contributed by atoms with E-state index in [0.29, 0.717) is 11.5 Å². The van der Waals surface area contributed by atoms with E-state index in [0.717, 1.165) is 29.8 Å². The summed E-state index contributed by atoms with van der Waals surface area (Å²) in [7, 11) is 0. The highest BCUT2D eigenvalue weighted by Crippen LogP contribution is 2.37. The van der Waals surface area contributed by atoms with Crippen molar-refractivity contribution in [3.05, 3.63) is 95.3 Å². The highest BCUT2D eigenvalue weighted by Gasteiger charge is 2.27. The molecule has 5 rings (SSSR count). The minimum Gasteiger partial charge on any atom is -0.368 e. The predicted octanol–water partition coefficient (Wildman–Crippen LogP) is 3.12. The van der Waals surface area contributed by atoms with Crippen molar-refractivity contribution in [2.75, 3.05) is 5.73 Å². The van der Waals surface area contributed by atoms with Gasteiger partial charge >= 0.3 is 0 Å². The van der Waals surface area contributed by atoms with Crippen LogP contribution in [-0.4, -0.2) is 24.7 Å². The van der Waals surface area contributed by atoms with Gasteiger partial charge in [0.25, 0.3) is 0 Å². The van der Waals surface area contributed by atoms with Crippen molar-refractivity contribution in [1.82, 2.24) is 24.7 Å². The molecule has 1 aliphatic carbocycles. The van der Waals surface area contributed by atoms with Crippen LogP contribution in [0.25, 0.3) is 5.69 Å². The quantitative estimate of drug-likeness (QED) is 0.542. The first-order valence-electron chi connectivity index (χ1n) is 9.44. The number of anilines is 1. The third kappa shape index (κ3) is 3.46. The second-order valence-electron chi connectivity index (χ2n) is 7.00. The van der Waals surface area contributed by atoms with Crippen LogP contribution in [0.5, 0.6) is 0 Å². The molecule has 2 N–H and O–H groups in total. The van der Waals surface area contributed by atoms with Crippen LogP contribution in [0.3, 0.4) is 0 Å². The number of aryl methyl sites for hydroxylation is 1. The molecule has 3 aromatic heterocycles. The van der Waals surface area contributed by atoms with Crippen molar-refractivity contribution in [3.63, 3.8) is 0 Å². The van der Waals surface area contributed by atoms with E-state index in [9.17, 15) is 0 Å². The first-order chi connectivity index (χ1) is 14.3. The molecular weight excluding hydrogens is 360 g/mol. The van der Waals surface area contributed by atoms with E-state index in [1.807, 2.05) is 16.8 Å². The second-order valence-corrected chi connectivity index (χ2v) is 7.00. The van der Waals surface area contributed by atoms with Gasteiger partial charge in [-0.15, -0.1) is 0 Å². The zero-order chi connectivity index (χ0) is 19.6. The minimum atomic E-state index is 0.236. The summed E-state index contributed by atoms with van der Waals surface area (Å²) in [5.41, 5.74) is 11.7. The van der Waals surface area contributed by atoms with Crippen LogP contribution in [0.15, 0.2) is 67.4 Å². The van der Waals surface area contributed by atoms with E-state index in [-0.39, 0.29) is 5.95 Å². The largest absolute Gasteiger partial charge is 0.368 e. The van der Waals surface area contributed by atoms with Crippen molar-refractivity contribution in [3.8, 4) is 17.5 Å². The number of nitrogens with two attached hydrogens (primary N) is 1. The van der Waals surface area contributed by atoms with E-state index in [4.69, 9.17) is 10.8 Å². The normalized spacial score (nSPS) is 14.8. The molecule has 0 saturated carbocycles. The standard InChI is InChI=1S/C23H18N6/c24-23-26-12-17(13-27-23)7-6-16-10-20(14-25-11-16)29-15-19-8-9-21(22(19)28-29)18-4-2-1-3-5-18/h1-5,10-15,21H,8-9H2,(H2,24,26,27). The Morgan fingerprint density at radius 1 is 0.966 bits per heavy atom. The van der Waals surface area contributed by atoms with Crippen molar-refractivity contribution >= 4 is 5.95 Å². The molecular formula is C23H18N6. The average molecular weight is 378 g/mol. The van der Waals surface area contributed by atoms with E-state index in [1.165, 1.54) is 11.1 Å². The highest BCUT2D eigenvalue weighted by atomic mass is 15.3. The molecule has 1 aromatic carbocycles. The van der Waals surface area contributed by atoms with Gasteiger partial charge in [-0.25, -0.2) is 14.6 Å². The zero-order valence-corrected chi connectivity index (χ0v) is 15.7. The van der Waals surface area contributed by atoms with Gasteiger partial charge in [-0.05, 0) is 30.0 Å². The number of nitrogen functional groups attached to an aromatic ring is 1. The number of nitrogens with zero attached hydrogens (tertiary/aromatic N) is 5. The molecule has 6 heteroatoms. The van der Waals surface area contributed by atoms with Crippen molar-refractivity contribution in [1.29, 1.82) is 0 Å². The molecule has 3 heterocycles. The third-order valence-electron chi connectivity index (χ3n) is 5.07. The summed E-state index contributed by atoms with van der Waals surface area (Å²) < 4.78 is 1.91. The molecule has 1 aliphatic rings. The number of rotatable bonds is 2. The average Bonchev–Trinajstić information content (AvgIpc) is 3.35. The fourth-order valence-corrected chi connectivity index (χ4v) is 3.66. The number of hydrogen-bond donors (Lipinski definition) is 1. The zero-order valence-electron chi connectivity index (χ0n) is 15.7. The van der Waals surface area contributed by atoms with Crippen LogP contribution in [0, 0.1) is 11.8 Å². The van der Waals surface area contributed by atoms with Gasteiger partial charge in [0.15, 0.2) is 0 Å². The van der Waals surface area contributed by atoms with Crippen LogP contribution in [0.2, 0.25) is 0 Å². The highest BCUT2D eigenvalue weighted by molar-refractivity contribution is 5.46. The molecule has 0 fully saturated rings. The summed E-state index contributed by atoms with van der Waals surface area (Å²) in [5.74, 6) is 6.73. The van der Waals surface area contributed by atoms with Gasteiger partial charge in [0, 0.05) is 36.3 Å². The Hall–Kier alpha value is -3.98. The Labute approximate surface area is 168 Å². The molecule has 140 valence electrons. The number of benzene rings is 1. The monoisotopic (exact) mass is 378 g/mol. The molecule has 0 saturated heterocycles. The first-order valence-corrected chi connectivity index (χ1v) is 9.44. The molecule has 0 radical (unpaired) electrons. The summed E-state index contributed by atoms with van der Waals surface area (Å²) in [5, 5.41) is 4.88. The smallest absolute Gasteiger partial charge is 0.219 e. The number of hydrogen-bond acceptors (Lipinski definition) is 5. The van der Waals surface area contributed by atoms with Crippen LogP contribution in [0.1, 0.15) is 40.3 Å². The van der Waals surface area contributed by atoms with Gasteiger partial charge in [-0.1, -0.05) is 42.2 Å². The Morgan fingerprint density at radius 2 is 1.76 bits per heavy atom. The third-order valence-corrected chi connectivity index (χ3v) is 5.07. The maximum atomic E-state index is 5.51. The van der Waals surface area contributed by atoms with Gasteiger partial charge in [0.1, 0.15) is 0 Å². The molecule has 1 unspecified atom stereocenters. The van der Waals surface area contributed by atoms with Gasteiger partial charge in [0.05, 0.1) is 23.1 Å². The summed E-state index contributed by atoms with van der Waals surface area (Å²) in [6, 6.07) is 12.6. The Kier molecular flexibility index (Phi) is 4.26. The molecule has 1 atom stereocenters. The molecule has 4 aromatic rings. The van der Waals surface area contributed by atoms with Crippen molar-refractivity contribution < 1.29 is 0 Å². The van der Waals surface area contributed by atoms with Crippen LogP contribution >= 0.6 is 0 Å². The Balaban J connectivity index is 1.43. The van der Waals surface area contributed by atoms with Gasteiger partial charge in [-0.2, -0.15) is 5.10 Å². The van der Waals surface area contributed by atoms with Crippen molar-refractivity contribution in [2.24, 2.45) is 0 Å². The maximum Gasteiger partial charge on any atom is 0.219 e. The van der Waals surface area contributed by atoms with E-state index in [2.05, 4.69) is 57.3 Å². The molecule has 0 amide bonds. The lowest BCUT2D eigenvalue weighted by Gasteiger charge is -2.09. The lowest BCUT2D eigenvalue weighted by Crippen LogP contribution is -2.02. The predicted molar refractivity (Wildman–Crippen MR) is 110 cm³/mol. The lowest BCUT2D eigenvalue weighted by atomic mass is 9.97. The maximum absolute atomic E-state index is 5.51. The number of fused-ring (bicyclic) bond motifs is 1. The number of pyridine rings is 1. The summed E-state index contributed by atoms with van der Waals surface area (Å²) >= 11 is 0. The van der Waals surface area contributed by atoms with Crippen molar-refractivity contribution in [2.45, 2.75) is 18.8 Å². The van der Waals surface area contributed by atoms with Crippen LogP contribution in [-0.2, 0) is 6.42 Å².